The second kappa shape index (κ2) is 6.85. The van der Waals surface area contributed by atoms with Crippen LogP contribution in [0, 0.1) is 0 Å². The highest BCUT2D eigenvalue weighted by molar-refractivity contribution is 7.08. The zero-order valence-corrected chi connectivity index (χ0v) is 15.0. The third-order valence-corrected chi connectivity index (χ3v) is 4.97. The van der Waals surface area contributed by atoms with Crippen LogP contribution in [0.3, 0.4) is 0 Å². The Bertz CT molecular complexity index is 824. The number of urea groups is 1. The standard InChI is InChI=1S/C17H16ClN3O3S/c1-17(12-5-6-25-10-12)15(23)21(16(24)20-17)9-14(22)19-8-11-3-2-4-13(18)7-11/h2-7,10H,8-9H2,1H3,(H,19,22)(H,20,24). The number of carbonyl (C=O) groups excluding carboxylic acids is 3. The first-order valence-electron chi connectivity index (χ1n) is 7.58. The summed E-state index contributed by atoms with van der Waals surface area (Å²) in [6, 6.07) is 8.30. The molecular formula is C17H16ClN3O3S. The first-order valence-corrected chi connectivity index (χ1v) is 8.90. The van der Waals surface area contributed by atoms with E-state index in [0.717, 1.165) is 10.5 Å². The van der Waals surface area contributed by atoms with Crippen LogP contribution >= 0.6 is 22.9 Å². The van der Waals surface area contributed by atoms with Gasteiger partial charge in [0, 0.05) is 11.6 Å². The molecule has 2 N–H and O–H groups in total. The molecule has 1 aromatic heterocycles. The highest BCUT2D eigenvalue weighted by atomic mass is 35.5. The normalized spacial score (nSPS) is 19.8. The lowest BCUT2D eigenvalue weighted by atomic mass is 9.95. The minimum Gasteiger partial charge on any atom is -0.350 e. The van der Waals surface area contributed by atoms with E-state index in [4.69, 9.17) is 11.6 Å². The summed E-state index contributed by atoms with van der Waals surface area (Å²) in [7, 11) is 0. The number of rotatable bonds is 5. The van der Waals surface area contributed by atoms with Crippen LogP contribution in [0.15, 0.2) is 41.1 Å². The average Bonchev–Trinajstić information content (AvgIpc) is 3.18. The van der Waals surface area contributed by atoms with Crippen LogP contribution < -0.4 is 10.6 Å². The number of amides is 4. The molecule has 1 saturated heterocycles. The smallest absolute Gasteiger partial charge is 0.325 e. The van der Waals surface area contributed by atoms with Crippen molar-refractivity contribution < 1.29 is 14.4 Å². The van der Waals surface area contributed by atoms with Crippen molar-refractivity contribution in [1.82, 2.24) is 15.5 Å². The molecule has 0 radical (unpaired) electrons. The third-order valence-electron chi connectivity index (χ3n) is 4.05. The van der Waals surface area contributed by atoms with Crippen molar-refractivity contribution in [2.24, 2.45) is 0 Å². The van der Waals surface area contributed by atoms with Crippen LogP contribution in [-0.4, -0.2) is 29.3 Å². The van der Waals surface area contributed by atoms with Crippen molar-refractivity contribution in [3.63, 3.8) is 0 Å². The number of nitrogens with zero attached hydrogens (tertiary/aromatic N) is 1. The van der Waals surface area contributed by atoms with E-state index in [0.29, 0.717) is 10.6 Å². The fraction of sp³-hybridized carbons (Fsp3) is 0.235. The van der Waals surface area contributed by atoms with Crippen LogP contribution in [0.2, 0.25) is 5.02 Å². The first kappa shape index (κ1) is 17.4. The Morgan fingerprint density at radius 1 is 1.36 bits per heavy atom. The molecule has 130 valence electrons. The van der Waals surface area contributed by atoms with Gasteiger partial charge in [0.2, 0.25) is 5.91 Å². The Labute approximate surface area is 153 Å². The van der Waals surface area contributed by atoms with Gasteiger partial charge in [-0.05, 0) is 47.0 Å². The molecule has 2 heterocycles. The zero-order valence-electron chi connectivity index (χ0n) is 13.4. The molecule has 8 heteroatoms. The Hall–Kier alpha value is -2.38. The van der Waals surface area contributed by atoms with E-state index in [1.54, 1.807) is 36.6 Å². The van der Waals surface area contributed by atoms with Crippen LogP contribution in [0.5, 0.6) is 0 Å². The quantitative estimate of drug-likeness (QED) is 0.786. The van der Waals surface area contributed by atoms with E-state index in [9.17, 15) is 14.4 Å². The van der Waals surface area contributed by atoms with Crippen LogP contribution in [0.25, 0.3) is 0 Å². The van der Waals surface area contributed by atoms with E-state index in [2.05, 4.69) is 10.6 Å². The van der Waals surface area contributed by atoms with Crippen molar-refractivity contribution in [3.05, 3.63) is 57.2 Å². The minimum absolute atomic E-state index is 0.269. The number of halogens is 1. The van der Waals surface area contributed by atoms with Gasteiger partial charge in [-0.3, -0.25) is 14.5 Å². The maximum atomic E-state index is 12.6. The number of hydrogen-bond acceptors (Lipinski definition) is 4. The monoisotopic (exact) mass is 377 g/mol. The van der Waals surface area contributed by atoms with Gasteiger partial charge in [0.05, 0.1) is 0 Å². The molecule has 0 saturated carbocycles. The maximum Gasteiger partial charge on any atom is 0.325 e. The Morgan fingerprint density at radius 3 is 2.84 bits per heavy atom. The second-order valence-electron chi connectivity index (χ2n) is 5.87. The molecule has 1 unspecified atom stereocenters. The molecule has 6 nitrogen and oxygen atoms in total. The lowest BCUT2D eigenvalue weighted by molar-refractivity contribution is -0.134. The highest BCUT2D eigenvalue weighted by Gasteiger charge is 2.49. The highest BCUT2D eigenvalue weighted by Crippen LogP contribution is 2.30. The first-order chi connectivity index (χ1) is 11.9. The summed E-state index contributed by atoms with van der Waals surface area (Å²) >= 11 is 7.34. The number of nitrogens with one attached hydrogen (secondary N) is 2. The van der Waals surface area contributed by atoms with Gasteiger partial charge in [0.1, 0.15) is 12.1 Å². The Morgan fingerprint density at radius 2 is 2.16 bits per heavy atom. The molecule has 4 amide bonds. The van der Waals surface area contributed by atoms with E-state index in [1.807, 2.05) is 11.4 Å². The van der Waals surface area contributed by atoms with E-state index in [-0.39, 0.29) is 13.1 Å². The van der Waals surface area contributed by atoms with Crippen molar-refractivity contribution in [2.45, 2.75) is 19.0 Å². The molecule has 1 fully saturated rings. The molecule has 2 aromatic rings. The minimum atomic E-state index is -1.13. The maximum absolute atomic E-state index is 12.6. The SMILES string of the molecule is CC1(c2ccsc2)NC(=O)N(CC(=O)NCc2cccc(Cl)c2)C1=O. The summed E-state index contributed by atoms with van der Waals surface area (Å²) in [5.74, 6) is -0.855. The zero-order chi connectivity index (χ0) is 18.0. The van der Waals surface area contributed by atoms with Crippen LogP contribution in [-0.2, 0) is 21.7 Å². The number of benzene rings is 1. The summed E-state index contributed by atoms with van der Waals surface area (Å²) in [5.41, 5.74) is 0.406. The molecule has 0 bridgehead atoms. The van der Waals surface area contributed by atoms with Crippen molar-refractivity contribution in [3.8, 4) is 0 Å². The van der Waals surface area contributed by atoms with Gasteiger partial charge in [-0.25, -0.2) is 4.79 Å². The van der Waals surface area contributed by atoms with Crippen LogP contribution in [0.1, 0.15) is 18.1 Å². The molecule has 1 aliphatic heterocycles. The van der Waals surface area contributed by atoms with Gasteiger partial charge in [0.15, 0.2) is 0 Å². The molecule has 25 heavy (non-hydrogen) atoms. The summed E-state index contributed by atoms with van der Waals surface area (Å²) in [4.78, 5) is 37.9. The number of hydrogen-bond donors (Lipinski definition) is 2. The summed E-state index contributed by atoms with van der Waals surface area (Å²) < 4.78 is 0. The fourth-order valence-corrected chi connectivity index (χ4v) is 3.61. The molecule has 1 atom stereocenters. The lowest BCUT2D eigenvalue weighted by Crippen LogP contribution is -2.43. The topological polar surface area (TPSA) is 78.5 Å². The van der Waals surface area contributed by atoms with Crippen molar-refractivity contribution >= 4 is 40.8 Å². The number of carbonyl (C=O) groups is 3. The molecule has 1 aromatic carbocycles. The fourth-order valence-electron chi connectivity index (χ4n) is 2.63. The molecule has 0 aliphatic carbocycles. The predicted molar refractivity (Wildman–Crippen MR) is 95.2 cm³/mol. The van der Waals surface area contributed by atoms with E-state index < -0.39 is 23.4 Å². The van der Waals surface area contributed by atoms with E-state index in [1.165, 1.54) is 11.3 Å². The Balaban J connectivity index is 1.63. The van der Waals surface area contributed by atoms with Crippen LogP contribution in [0.4, 0.5) is 4.79 Å². The number of imide groups is 1. The molecular weight excluding hydrogens is 362 g/mol. The third kappa shape index (κ3) is 3.52. The molecule has 1 aliphatic rings. The van der Waals surface area contributed by atoms with Gasteiger partial charge >= 0.3 is 6.03 Å². The summed E-state index contributed by atoms with van der Waals surface area (Å²) in [6.45, 7) is 1.58. The lowest BCUT2D eigenvalue weighted by Gasteiger charge is -2.20. The Kier molecular flexibility index (Phi) is 4.78. The summed E-state index contributed by atoms with van der Waals surface area (Å²) in [6.07, 6.45) is 0. The largest absolute Gasteiger partial charge is 0.350 e. The molecule has 3 rings (SSSR count). The van der Waals surface area contributed by atoms with Gasteiger partial charge in [-0.15, -0.1) is 0 Å². The number of thiophene rings is 1. The average molecular weight is 378 g/mol. The summed E-state index contributed by atoms with van der Waals surface area (Å²) in [5, 5.41) is 9.57. The molecule has 0 spiro atoms. The van der Waals surface area contributed by atoms with E-state index >= 15 is 0 Å². The van der Waals surface area contributed by atoms with Gasteiger partial charge < -0.3 is 10.6 Å². The van der Waals surface area contributed by atoms with Crippen molar-refractivity contribution in [2.75, 3.05) is 6.54 Å². The van der Waals surface area contributed by atoms with Crippen molar-refractivity contribution in [1.29, 1.82) is 0 Å². The van der Waals surface area contributed by atoms with Gasteiger partial charge in [0.25, 0.3) is 5.91 Å². The van der Waals surface area contributed by atoms with Gasteiger partial charge in [-0.1, -0.05) is 23.7 Å². The predicted octanol–water partition coefficient (Wildman–Crippen LogP) is 2.48. The van der Waals surface area contributed by atoms with Gasteiger partial charge in [-0.2, -0.15) is 11.3 Å². The second-order valence-corrected chi connectivity index (χ2v) is 7.08.